The fraction of sp³-hybridized carbons (Fsp3) is 0.662. The fourth-order valence-corrected chi connectivity index (χ4v) is 10.5. The Bertz CT molecular complexity index is 2250. The molecule has 0 radical (unpaired) electrons. The monoisotopic (exact) mass is 1310 g/mol. The average molecular weight is 1310 g/mol. The number of hydrogen-bond acceptors (Lipinski definition) is 18. The number of aliphatic hydroxyl groups excluding tert-OH is 11. The third-order valence-corrected chi connectivity index (χ3v) is 16.1. The molecule has 0 aliphatic carbocycles. The van der Waals surface area contributed by atoms with Crippen LogP contribution in [-0.2, 0) is 33.2 Å². The Labute approximate surface area is 555 Å². The largest absolute Gasteiger partial charge is 0.394 e. The molecular weight excluding hydrogens is 1190 g/mol. The Balaban J connectivity index is 1.48. The van der Waals surface area contributed by atoms with Crippen molar-refractivity contribution in [3.8, 4) is 0 Å². The van der Waals surface area contributed by atoms with Crippen molar-refractivity contribution in [2.75, 3.05) is 26.4 Å². The lowest BCUT2D eigenvalue weighted by molar-refractivity contribution is -0.379. The number of ether oxygens (including phenoxy) is 6. The van der Waals surface area contributed by atoms with Gasteiger partial charge < -0.3 is 89.9 Å². The van der Waals surface area contributed by atoms with Crippen LogP contribution in [0.2, 0.25) is 0 Å². The number of rotatable bonds is 50. The summed E-state index contributed by atoms with van der Waals surface area (Å²) in [6, 6.07) is -1.04. The van der Waals surface area contributed by atoms with E-state index in [2.05, 4.69) is 141 Å². The molecule has 19 heteroatoms. The van der Waals surface area contributed by atoms with Crippen molar-refractivity contribution in [3.05, 3.63) is 146 Å². The first-order chi connectivity index (χ1) is 45.3. The number of amides is 1. The summed E-state index contributed by atoms with van der Waals surface area (Å²) in [7, 11) is 0. The summed E-state index contributed by atoms with van der Waals surface area (Å²) in [6.45, 7) is 1.52. The molecule has 0 aromatic carbocycles. The summed E-state index contributed by atoms with van der Waals surface area (Å²) in [5.74, 6) is -0.354. The molecule has 0 aromatic heterocycles. The van der Waals surface area contributed by atoms with Crippen LogP contribution in [0.25, 0.3) is 0 Å². The highest BCUT2D eigenvalue weighted by Crippen LogP contribution is 2.33. The molecule has 17 unspecified atom stereocenters. The highest BCUT2D eigenvalue weighted by atomic mass is 16.8. The number of allylic oxidation sites excluding steroid dienone is 23. The van der Waals surface area contributed by atoms with Crippen LogP contribution in [0, 0.1) is 0 Å². The van der Waals surface area contributed by atoms with E-state index in [1.165, 1.54) is 57.8 Å². The van der Waals surface area contributed by atoms with Crippen LogP contribution in [0.1, 0.15) is 181 Å². The Hall–Kier alpha value is -4.33. The molecule has 93 heavy (non-hydrogen) atoms. The summed E-state index contributed by atoms with van der Waals surface area (Å²) < 4.78 is 34.3. The first kappa shape index (κ1) is 82.9. The molecule has 0 bridgehead atoms. The van der Waals surface area contributed by atoms with Gasteiger partial charge in [0.2, 0.25) is 5.91 Å². The maximum atomic E-state index is 13.4. The van der Waals surface area contributed by atoms with Crippen LogP contribution in [0.15, 0.2) is 146 Å². The summed E-state index contributed by atoms with van der Waals surface area (Å²) in [5.41, 5.74) is 0. The molecular formula is C74H119NO18. The first-order valence-corrected chi connectivity index (χ1v) is 34.6. The molecule has 19 nitrogen and oxygen atoms in total. The Morgan fingerprint density at radius 2 is 0.753 bits per heavy atom. The van der Waals surface area contributed by atoms with Crippen LogP contribution >= 0.6 is 0 Å². The van der Waals surface area contributed by atoms with Gasteiger partial charge in [-0.05, 0) is 109 Å². The van der Waals surface area contributed by atoms with E-state index < -0.39 is 131 Å². The predicted octanol–water partition coefficient (Wildman–Crippen LogP) is 9.15. The van der Waals surface area contributed by atoms with Crippen LogP contribution in [-0.4, -0.2) is 193 Å². The molecule has 12 N–H and O–H groups in total. The van der Waals surface area contributed by atoms with Crippen LogP contribution in [0.5, 0.6) is 0 Å². The predicted molar refractivity (Wildman–Crippen MR) is 364 cm³/mol. The second-order valence-electron chi connectivity index (χ2n) is 23.9. The molecule has 3 aliphatic heterocycles. The zero-order valence-electron chi connectivity index (χ0n) is 55.7. The van der Waals surface area contributed by atoms with E-state index in [9.17, 15) is 61.0 Å². The van der Waals surface area contributed by atoms with Gasteiger partial charge in [0.05, 0.1) is 38.6 Å². The zero-order chi connectivity index (χ0) is 67.5. The van der Waals surface area contributed by atoms with E-state index in [-0.39, 0.29) is 12.3 Å². The minimum Gasteiger partial charge on any atom is -0.394 e. The molecule has 3 saturated heterocycles. The fourth-order valence-electron chi connectivity index (χ4n) is 10.5. The SMILES string of the molecule is CC/C=C\C/C=C\C/C=C\C/C=C\C/C=C\C/C=C\C/C=C\C/C=C\C/C=C\CCCC(=O)NC(COC1OC(CO)C(OC2OC(CO)C(OC3OC(CO)C(O)C(O)C3O)C(O)C2O)C(O)C1O)C(O)/C=C/CC/C=C/CC/C=C/CCCCCCCCCCC. The summed E-state index contributed by atoms with van der Waals surface area (Å²) in [4.78, 5) is 13.4. The number of hydrogen-bond donors (Lipinski definition) is 12. The van der Waals surface area contributed by atoms with E-state index in [4.69, 9.17) is 28.4 Å². The number of nitrogens with one attached hydrogen (secondary N) is 1. The van der Waals surface area contributed by atoms with Gasteiger partial charge in [0.15, 0.2) is 18.9 Å². The highest BCUT2D eigenvalue weighted by Gasteiger charge is 2.53. The molecule has 3 fully saturated rings. The summed E-state index contributed by atoms with van der Waals surface area (Å²) >= 11 is 0. The quantitative estimate of drug-likeness (QED) is 0.0199. The van der Waals surface area contributed by atoms with Gasteiger partial charge >= 0.3 is 0 Å². The molecule has 528 valence electrons. The van der Waals surface area contributed by atoms with E-state index in [1.807, 2.05) is 18.2 Å². The van der Waals surface area contributed by atoms with Crippen molar-refractivity contribution in [2.45, 2.75) is 285 Å². The van der Waals surface area contributed by atoms with Gasteiger partial charge in [-0.25, -0.2) is 0 Å². The maximum Gasteiger partial charge on any atom is 0.220 e. The number of aliphatic hydroxyl groups is 11. The average Bonchev–Trinajstić information content (AvgIpc) is 1.00. The Morgan fingerprint density at radius 1 is 0.398 bits per heavy atom. The Morgan fingerprint density at radius 3 is 1.20 bits per heavy atom. The molecule has 0 aromatic rings. The van der Waals surface area contributed by atoms with Crippen molar-refractivity contribution < 1.29 is 89.4 Å². The van der Waals surface area contributed by atoms with Crippen molar-refractivity contribution in [1.82, 2.24) is 5.32 Å². The molecule has 0 spiro atoms. The molecule has 3 aliphatic rings. The van der Waals surface area contributed by atoms with E-state index in [0.29, 0.717) is 19.3 Å². The molecule has 3 rings (SSSR count). The lowest BCUT2D eigenvalue weighted by Crippen LogP contribution is -2.66. The molecule has 0 saturated carbocycles. The number of unbranched alkanes of at least 4 members (excludes halogenated alkanes) is 12. The lowest BCUT2D eigenvalue weighted by atomic mass is 9.96. The van der Waals surface area contributed by atoms with E-state index in [1.54, 1.807) is 6.08 Å². The van der Waals surface area contributed by atoms with E-state index in [0.717, 1.165) is 83.5 Å². The second-order valence-corrected chi connectivity index (χ2v) is 23.9. The van der Waals surface area contributed by atoms with Gasteiger partial charge in [0.1, 0.15) is 73.2 Å². The van der Waals surface area contributed by atoms with Gasteiger partial charge in [-0.2, -0.15) is 0 Å². The summed E-state index contributed by atoms with van der Waals surface area (Å²) in [6.07, 6.45) is 49.7. The van der Waals surface area contributed by atoms with Gasteiger partial charge in [-0.15, -0.1) is 0 Å². The second kappa shape index (κ2) is 53.8. The minimum absolute atomic E-state index is 0.141. The number of carbonyl (C=O) groups is 1. The Kier molecular flexibility index (Phi) is 47.9. The molecule has 3 heterocycles. The standard InChI is InChI=1S/C74H119NO18/c1-3-5-7-9-11-13-15-17-19-21-23-24-25-26-27-28-29-30-31-32-34-36-38-40-42-44-46-48-50-52-62(80)75-57(58(79)51-49-47-45-43-41-39-37-35-33-22-20-18-16-14-12-10-8-6-4-2)56-88-72-68(86)65(83)70(60(54-77)90-72)93-74-69(87)66(84)71(61(55-78)91-74)92-73-67(85)64(82)63(81)59(53-76)89-73/h5,7,11,13,17,19,23-24,26-27,29-30,32-35,38,40-41,43-44,46,49,51,57-61,63-74,76-79,81-87H,3-4,6,8-10,12,14-16,18,20-22,25,28,31,36-37,39,42,45,47-48,50,52-56H2,1-2H3,(H,75,80)/b7-5-,13-11-,19-17-,24-23-,27-26-,30-29-,34-32-,35-33+,40-38-,43-41+,46-44-,51-49+. The normalized spacial score (nSPS) is 28.5. The van der Waals surface area contributed by atoms with Gasteiger partial charge in [-0.3, -0.25) is 4.79 Å². The van der Waals surface area contributed by atoms with Crippen molar-refractivity contribution in [1.29, 1.82) is 0 Å². The first-order valence-electron chi connectivity index (χ1n) is 34.6. The van der Waals surface area contributed by atoms with Gasteiger partial charge in [0, 0.05) is 6.42 Å². The van der Waals surface area contributed by atoms with Gasteiger partial charge in [0.25, 0.3) is 0 Å². The molecule has 17 atom stereocenters. The van der Waals surface area contributed by atoms with Crippen LogP contribution in [0.4, 0.5) is 0 Å². The number of carbonyl (C=O) groups excluding carboxylic acids is 1. The molecule has 1 amide bonds. The van der Waals surface area contributed by atoms with Crippen LogP contribution < -0.4 is 5.32 Å². The van der Waals surface area contributed by atoms with Crippen molar-refractivity contribution in [3.63, 3.8) is 0 Å². The van der Waals surface area contributed by atoms with E-state index >= 15 is 0 Å². The van der Waals surface area contributed by atoms with Crippen molar-refractivity contribution in [2.24, 2.45) is 0 Å². The maximum absolute atomic E-state index is 13.4. The highest BCUT2D eigenvalue weighted by molar-refractivity contribution is 5.76. The lowest BCUT2D eigenvalue weighted by Gasteiger charge is -2.48. The van der Waals surface area contributed by atoms with Crippen molar-refractivity contribution >= 4 is 5.91 Å². The third-order valence-electron chi connectivity index (χ3n) is 16.1. The zero-order valence-corrected chi connectivity index (χ0v) is 55.7. The van der Waals surface area contributed by atoms with Gasteiger partial charge in [-0.1, -0.05) is 211 Å². The topological polar surface area (TPSA) is 307 Å². The summed E-state index contributed by atoms with van der Waals surface area (Å²) in [5, 5.41) is 120. The van der Waals surface area contributed by atoms with Crippen LogP contribution in [0.3, 0.4) is 0 Å². The minimum atomic E-state index is -2.00. The third kappa shape index (κ3) is 35.5. The smallest absolute Gasteiger partial charge is 0.220 e.